The molecule has 26 heavy (non-hydrogen) atoms. The molecule has 1 aliphatic rings. The number of hydrogen-bond donors (Lipinski definition) is 1. The molecule has 1 saturated heterocycles. The Morgan fingerprint density at radius 1 is 1.23 bits per heavy atom. The van der Waals surface area contributed by atoms with Gasteiger partial charge >= 0.3 is 0 Å². The summed E-state index contributed by atoms with van der Waals surface area (Å²) in [5.74, 6) is -0.601. The Labute approximate surface area is 153 Å². The standard InChI is InChI=1S/C18H26N4O4/c1-3-19-17(23)13-20(4-2)18(24)15-12-14(22(25)26)8-9-16(15)21-10-6-5-7-11-21/h8-9,12H,3-7,10-11,13H2,1-2H3,(H,19,23). The third-order valence-corrected chi connectivity index (χ3v) is 4.50. The van der Waals surface area contributed by atoms with E-state index in [1.807, 2.05) is 6.92 Å². The van der Waals surface area contributed by atoms with Gasteiger partial charge in [-0.3, -0.25) is 19.7 Å². The quantitative estimate of drug-likeness (QED) is 0.592. The lowest BCUT2D eigenvalue weighted by Crippen LogP contribution is -2.41. The maximum absolute atomic E-state index is 13.1. The molecule has 1 aromatic carbocycles. The van der Waals surface area contributed by atoms with Gasteiger partial charge in [0, 0.05) is 38.3 Å². The van der Waals surface area contributed by atoms with Crippen molar-refractivity contribution in [2.75, 3.05) is 37.6 Å². The fourth-order valence-electron chi connectivity index (χ4n) is 3.14. The Morgan fingerprint density at radius 3 is 2.50 bits per heavy atom. The molecule has 0 radical (unpaired) electrons. The zero-order valence-electron chi connectivity index (χ0n) is 15.4. The van der Waals surface area contributed by atoms with Crippen molar-refractivity contribution < 1.29 is 14.5 Å². The van der Waals surface area contributed by atoms with Crippen LogP contribution in [0.25, 0.3) is 0 Å². The Hall–Kier alpha value is -2.64. The average Bonchev–Trinajstić information content (AvgIpc) is 2.66. The number of rotatable bonds is 7. The second-order valence-electron chi connectivity index (χ2n) is 6.28. The van der Waals surface area contributed by atoms with E-state index in [9.17, 15) is 19.7 Å². The van der Waals surface area contributed by atoms with E-state index in [1.165, 1.54) is 17.0 Å². The van der Waals surface area contributed by atoms with Crippen molar-refractivity contribution in [1.29, 1.82) is 0 Å². The van der Waals surface area contributed by atoms with Crippen LogP contribution in [0.3, 0.4) is 0 Å². The number of nitrogens with one attached hydrogen (secondary N) is 1. The van der Waals surface area contributed by atoms with Crippen LogP contribution in [0.5, 0.6) is 0 Å². The first-order valence-corrected chi connectivity index (χ1v) is 9.07. The molecule has 1 N–H and O–H groups in total. The Morgan fingerprint density at radius 2 is 1.92 bits per heavy atom. The van der Waals surface area contributed by atoms with E-state index in [4.69, 9.17) is 0 Å². The number of benzene rings is 1. The average molecular weight is 362 g/mol. The lowest BCUT2D eigenvalue weighted by Gasteiger charge is -2.31. The summed E-state index contributed by atoms with van der Waals surface area (Å²) in [5.41, 5.74) is 0.866. The third kappa shape index (κ3) is 4.71. The third-order valence-electron chi connectivity index (χ3n) is 4.50. The van der Waals surface area contributed by atoms with E-state index >= 15 is 0 Å². The molecule has 0 bridgehead atoms. The van der Waals surface area contributed by atoms with Gasteiger partial charge in [0.15, 0.2) is 0 Å². The first-order valence-electron chi connectivity index (χ1n) is 9.07. The molecular weight excluding hydrogens is 336 g/mol. The largest absolute Gasteiger partial charge is 0.371 e. The first kappa shape index (κ1) is 19.7. The second kappa shape index (κ2) is 9.17. The fraction of sp³-hybridized carbons (Fsp3) is 0.556. The summed E-state index contributed by atoms with van der Waals surface area (Å²) in [4.78, 5) is 39.1. The number of likely N-dealkylation sites (N-methyl/N-ethyl adjacent to an activating group) is 2. The number of piperidine rings is 1. The zero-order chi connectivity index (χ0) is 19.1. The van der Waals surface area contributed by atoms with Crippen molar-refractivity contribution in [1.82, 2.24) is 10.2 Å². The molecule has 2 amide bonds. The molecule has 0 aromatic heterocycles. The molecule has 0 aliphatic carbocycles. The normalized spacial score (nSPS) is 14.0. The van der Waals surface area contributed by atoms with Crippen LogP contribution in [0.4, 0.5) is 11.4 Å². The van der Waals surface area contributed by atoms with Gasteiger partial charge in [-0.15, -0.1) is 0 Å². The Bertz CT molecular complexity index is 671. The number of anilines is 1. The minimum Gasteiger partial charge on any atom is -0.371 e. The predicted molar refractivity (Wildman–Crippen MR) is 99.4 cm³/mol. The Kier molecular flexibility index (Phi) is 6.94. The maximum atomic E-state index is 13.1. The van der Waals surface area contributed by atoms with Gasteiger partial charge in [-0.2, -0.15) is 0 Å². The maximum Gasteiger partial charge on any atom is 0.270 e. The summed E-state index contributed by atoms with van der Waals surface area (Å²) in [6.07, 6.45) is 3.20. The molecule has 1 aromatic rings. The van der Waals surface area contributed by atoms with Gasteiger partial charge in [0.1, 0.15) is 0 Å². The van der Waals surface area contributed by atoms with Crippen LogP contribution in [0, 0.1) is 10.1 Å². The van der Waals surface area contributed by atoms with E-state index in [0.29, 0.717) is 18.8 Å². The van der Waals surface area contributed by atoms with Crippen LogP contribution in [-0.2, 0) is 4.79 Å². The van der Waals surface area contributed by atoms with Crippen LogP contribution in [-0.4, -0.2) is 54.4 Å². The molecule has 2 rings (SSSR count). The molecule has 0 saturated carbocycles. The van der Waals surface area contributed by atoms with Crippen molar-refractivity contribution in [2.45, 2.75) is 33.1 Å². The predicted octanol–water partition coefficient (Wildman–Crippen LogP) is 2.18. The number of carbonyl (C=O) groups excluding carboxylic acids is 2. The number of non-ortho nitro benzene ring substituents is 1. The van der Waals surface area contributed by atoms with E-state index < -0.39 is 4.92 Å². The number of carbonyl (C=O) groups is 2. The minimum atomic E-state index is -0.503. The zero-order valence-corrected chi connectivity index (χ0v) is 15.4. The van der Waals surface area contributed by atoms with E-state index in [0.717, 1.165) is 32.4 Å². The SMILES string of the molecule is CCNC(=O)CN(CC)C(=O)c1cc([N+](=O)[O-])ccc1N1CCCCC1. The molecule has 8 heteroatoms. The summed E-state index contributed by atoms with van der Waals surface area (Å²) in [5, 5.41) is 13.8. The molecule has 8 nitrogen and oxygen atoms in total. The summed E-state index contributed by atoms with van der Waals surface area (Å²) in [7, 11) is 0. The second-order valence-corrected chi connectivity index (χ2v) is 6.28. The highest BCUT2D eigenvalue weighted by Crippen LogP contribution is 2.29. The van der Waals surface area contributed by atoms with Gasteiger partial charge in [-0.05, 0) is 39.2 Å². The molecule has 1 fully saturated rings. The fourth-order valence-corrected chi connectivity index (χ4v) is 3.14. The molecule has 142 valence electrons. The monoisotopic (exact) mass is 362 g/mol. The molecular formula is C18H26N4O4. The highest BCUT2D eigenvalue weighted by atomic mass is 16.6. The van der Waals surface area contributed by atoms with Gasteiger partial charge in [0.25, 0.3) is 11.6 Å². The van der Waals surface area contributed by atoms with Crippen molar-refractivity contribution in [2.24, 2.45) is 0 Å². The highest BCUT2D eigenvalue weighted by Gasteiger charge is 2.25. The summed E-state index contributed by atoms with van der Waals surface area (Å²) < 4.78 is 0. The van der Waals surface area contributed by atoms with Crippen molar-refractivity contribution >= 4 is 23.2 Å². The molecule has 1 heterocycles. The van der Waals surface area contributed by atoms with Gasteiger partial charge in [-0.25, -0.2) is 0 Å². The lowest BCUT2D eigenvalue weighted by molar-refractivity contribution is -0.384. The smallest absolute Gasteiger partial charge is 0.270 e. The number of nitro benzene ring substituents is 1. The van der Waals surface area contributed by atoms with Crippen molar-refractivity contribution in [3.63, 3.8) is 0 Å². The summed E-state index contributed by atoms with van der Waals surface area (Å²) >= 11 is 0. The van der Waals surface area contributed by atoms with Crippen molar-refractivity contribution in [3.8, 4) is 0 Å². The molecule has 0 spiro atoms. The van der Waals surface area contributed by atoms with Gasteiger partial charge in [-0.1, -0.05) is 0 Å². The summed E-state index contributed by atoms with van der Waals surface area (Å²) in [6, 6.07) is 4.41. The van der Waals surface area contributed by atoms with E-state index in [1.54, 1.807) is 13.0 Å². The van der Waals surface area contributed by atoms with Gasteiger partial charge < -0.3 is 15.1 Å². The highest BCUT2D eigenvalue weighted by molar-refractivity contribution is 6.02. The van der Waals surface area contributed by atoms with Crippen LogP contribution in [0.15, 0.2) is 18.2 Å². The number of hydrogen-bond acceptors (Lipinski definition) is 5. The minimum absolute atomic E-state index is 0.0642. The van der Waals surface area contributed by atoms with Crippen LogP contribution in [0.1, 0.15) is 43.5 Å². The molecule has 1 aliphatic heterocycles. The number of nitro groups is 1. The summed E-state index contributed by atoms with van der Waals surface area (Å²) in [6.45, 7) is 6.00. The number of nitrogens with zero attached hydrogens (tertiary/aromatic N) is 3. The lowest BCUT2D eigenvalue weighted by atomic mass is 10.1. The molecule has 0 unspecified atom stereocenters. The van der Waals surface area contributed by atoms with Gasteiger partial charge in [0.05, 0.1) is 22.7 Å². The van der Waals surface area contributed by atoms with Gasteiger partial charge in [0.2, 0.25) is 5.91 Å². The Balaban J connectivity index is 2.35. The number of amides is 2. The van der Waals surface area contributed by atoms with Crippen LogP contribution in [0.2, 0.25) is 0 Å². The van der Waals surface area contributed by atoms with Crippen LogP contribution >= 0.6 is 0 Å². The van der Waals surface area contributed by atoms with E-state index in [-0.39, 0.29) is 29.6 Å². The van der Waals surface area contributed by atoms with E-state index in [2.05, 4.69) is 10.2 Å². The first-order chi connectivity index (χ1) is 12.5. The molecule has 0 atom stereocenters. The van der Waals surface area contributed by atoms with Crippen LogP contribution < -0.4 is 10.2 Å². The topological polar surface area (TPSA) is 95.8 Å². The van der Waals surface area contributed by atoms with Crippen molar-refractivity contribution in [3.05, 3.63) is 33.9 Å².